The lowest BCUT2D eigenvalue weighted by atomic mass is 10.3. The summed E-state index contributed by atoms with van der Waals surface area (Å²) in [5, 5.41) is 0.780. The largest absolute Gasteiger partial charge is 0.312 e. The van der Waals surface area contributed by atoms with E-state index in [4.69, 9.17) is 12.2 Å². The SMILES string of the molecule is C=C1CN(c2ccccc2)C(=S)N1c1ccccc1. The molecule has 1 aliphatic heterocycles. The Morgan fingerprint density at radius 3 is 1.95 bits per heavy atom. The fraction of sp³-hybridized carbons (Fsp3) is 0.0625. The molecule has 0 amide bonds. The third-order valence-electron chi connectivity index (χ3n) is 3.16. The van der Waals surface area contributed by atoms with Gasteiger partial charge in [-0.3, -0.25) is 4.90 Å². The first-order chi connectivity index (χ1) is 9.27. The minimum atomic E-state index is 0.734. The predicted octanol–water partition coefficient (Wildman–Crippen LogP) is 3.81. The molecule has 1 aliphatic rings. The highest BCUT2D eigenvalue weighted by Crippen LogP contribution is 2.29. The van der Waals surface area contributed by atoms with E-state index in [1.807, 2.05) is 53.4 Å². The van der Waals surface area contributed by atoms with Gasteiger partial charge in [0.2, 0.25) is 0 Å². The number of rotatable bonds is 2. The second-order valence-electron chi connectivity index (χ2n) is 4.44. The van der Waals surface area contributed by atoms with Crippen LogP contribution in [0.1, 0.15) is 0 Å². The smallest absolute Gasteiger partial charge is 0.185 e. The van der Waals surface area contributed by atoms with E-state index >= 15 is 0 Å². The monoisotopic (exact) mass is 266 g/mol. The fourth-order valence-electron chi connectivity index (χ4n) is 2.26. The molecule has 1 fully saturated rings. The van der Waals surface area contributed by atoms with Gasteiger partial charge in [0.1, 0.15) is 0 Å². The van der Waals surface area contributed by atoms with E-state index in [1.54, 1.807) is 0 Å². The van der Waals surface area contributed by atoms with Crippen molar-refractivity contribution >= 4 is 28.7 Å². The van der Waals surface area contributed by atoms with Crippen molar-refractivity contribution in [2.24, 2.45) is 0 Å². The summed E-state index contributed by atoms with van der Waals surface area (Å²) in [5.41, 5.74) is 3.17. The minimum Gasteiger partial charge on any atom is -0.312 e. The van der Waals surface area contributed by atoms with E-state index in [1.165, 1.54) is 0 Å². The highest BCUT2D eigenvalue weighted by Gasteiger charge is 2.30. The van der Waals surface area contributed by atoms with Crippen LogP contribution in [0.25, 0.3) is 0 Å². The fourth-order valence-corrected chi connectivity index (χ4v) is 2.66. The molecule has 1 saturated heterocycles. The van der Waals surface area contributed by atoms with Gasteiger partial charge in [-0.2, -0.15) is 0 Å². The molecule has 2 aromatic carbocycles. The third kappa shape index (κ3) is 2.13. The van der Waals surface area contributed by atoms with Crippen LogP contribution in [0, 0.1) is 0 Å². The van der Waals surface area contributed by atoms with Gasteiger partial charge in [0, 0.05) is 17.1 Å². The van der Waals surface area contributed by atoms with Crippen LogP contribution < -0.4 is 9.80 Å². The van der Waals surface area contributed by atoms with E-state index in [-0.39, 0.29) is 0 Å². The molecular formula is C16H14N2S. The molecule has 0 radical (unpaired) electrons. The van der Waals surface area contributed by atoms with Crippen molar-refractivity contribution < 1.29 is 0 Å². The normalized spacial score (nSPS) is 15.2. The molecule has 3 rings (SSSR count). The molecule has 0 aliphatic carbocycles. The highest BCUT2D eigenvalue weighted by molar-refractivity contribution is 7.80. The van der Waals surface area contributed by atoms with Crippen molar-refractivity contribution in [2.45, 2.75) is 0 Å². The number of para-hydroxylation sites is 2. The Balaban J connectivity index is 1.94. The summed E-state index contributed by atoms with van der Waals surface area (Å²) in [6.45, 7) is 4.87. The number of benzene rings is 2. The summed E-state index contributed by atoms with van der Waals surface area (Å²) in [5.74, 6) is 0. The van der Waals surface area contributed by atoms with Gasteiger partial charge in [-0.15, -0.1) is 0 Å². The molecule has 0 spiro atoms. The van der Waals surface area contributed by atoms with Crippen molar-refractivity contribution in [3.8, 4) is 0 Å². The van der Waals surface area contributed by atoms with Gasteiger partial charge in [0.25, 0.3) is 0 Å². The zero-order valence-electron chi connectivity index (χ0n) is 10.5. The zero-order chi connectivity index (χ0) is 13.2. The summed E-state index contributed by atoms with van der Waals surface area (Å²) in [6, 6.07) is 20.3. The molecule has 2 aromatic rings. The second-order valence-corrected chi connectivity index (χ2v) is 4.81. The standard InChI is InChI=1S/C16H14N2S/c1-13-12-17(14-8-4-2-5-9-14)16(19)18(13)15-10-6-3-7-11-15/h2-11H,1,12H2. The summed E-state index contributed by atoms with van der Waals surface area (Å²) >= 11 is 5.59. The Morgan fingerprint density at radius 2 is 1.37 bits per heavy atom. The van der Waals surface area contributed by atoms with E-state index < -0.39 is 0 Å². The van der Waals surface area contributed by atoms with Crippen molar-refractivity contribution in [1.82, 2.24) is 0 Å². The third-order valence-corrected chi connectivity index (χ3v) is 3.56. The number of hydrogen-bond acceptors (Lipinski definition) is 1. The average Bonchev–Trinajstić information content (AvgIpc) is 2.76. The first-order valence-corrected chi connectivity index (χ1v) is 6.58. The lowest BCUT2D eigenvalue weighted by molar-refractivity contribution is 1.15. The molecule has 94 valence electrons. The van der Waals surface area contributed by atoms with Crippen molar-refractivity contribution in [2.75, 3.05) is 16.3 Å². The molecule has 0 unspecified atom stereocenters. The Labute approximate surface area is 118 Å². The van der Waals surface area contributed by atoms with Crippen LogP contribution in [0.15, 0.2) is 72.9 Å². The molecule has 0 aromatic heterocycles. The lowest BCUT2D eigenvalue weighted by Crippen LogP contribution is -2.30. The summed E-state index contributed by atoms with van der Waals surface area (Å²) < 4.78 is 0. The number of anilines is 2. The van der Waals surface area contributed by atoms with Gasteiger partial charge in [-0.25, -0.2) is 0 Å². The quantitative estimate of drug-likeness (QED) is 0.763. The van der Waals surface area contributed by atoms with Crippen LogP contribution in [0.2, 0.25) is 0 Å². The van der Waals surface area contributed by atoms with E-state index in [9.17, 15) is 0 Å². The Kier molecular flexibility index (Phi) is 3.05. The average molecular weight is 266 g/mol. The van der Waals surface area contributed by atoms with Gasteiger partial charge in [-0.05, 0) is 36.5 Å². The van der Waals surface area contributed by atoms with Crippen molar-refractivity contribution in [3.05, 3.63) is 72.9 Å². The van der Waals surface area contributed by atoms with E-state index in [2.05, 4.69) is 23.6 Å². The lowest BCUT2D eigenvalue weighted by Gasteiger charge is -2.21. The number of thiocarbonyl (C=S) groups is 1. The van der Waals surface area contributed by atoms with Crippen molar-refractivity contribution in [3.63, 3.8) is 0 Å². The molecule has 0 N–H and O–H groups in total. The summed E-state index contributed by atoms with van der Waals surface area (Å²) in [4.78, 5) is 4.13. The molecule has 19 heavy (non-hydrogen) atoms. The zero-order valence-corrected chi connectivity index (χ0v) is 11.3. The van der Waals surface area contributed by atoms with Crippen LogP contribution in [-0.4, -0.2) is 11.7 Å². The number of hydrogen-bond donors (Lipinski definition) is 0. The Hall–Kier alpha value is -2.13. The van der Waals surface area contributed by atoms with E-state index in [0.717, 1.165) is 28.7 Å². The van der Waals surface area contributed by atoms with Gasteiger partial charge in [0.15, 0.2) is 5.11 Å². The first-order valence-electron chi connectivity index (χ1n) is 6.17. The molecule has 0 atom stereocenters. The van der Waals surface area contributed by atoms with Crippen LogP contribution in [-0.2, 0) is 0 Å². The maximum Gasteiger partial charge on any atom is 0.185 e. The first kappa shape index (κ1) is 11.9. The summed E-state index contributed by atoms with van der Waals surface area (Å²) in [6.07, 6.45) is 0. The van der Waals surface area contributed by atoms with Crippen LogP contribution in [0.3, 0.4) is 0 Å². The van der Waals surface area contributed by atoms with Crippen molar-refractivity contribution in [1.29, 1.82) is 0 Å². The molecule has 1 heterocycles. The highest BCUT2D eigenvalue weighted by atomic mass is 32.1. The molecule has 3 heteroatoms. The van der Waals surface area contributed by atoms with Crippen LogP contribution in [0.4, 0.5) is 11.4 Å². The molecule has 2 nitrogen and oxygen atoms in total. The Morgan fingerprint density at radius 1 is 0.842 bits per heavy atom. The topological polar surface area (TPSA) is 6.48 Å². The van der Waals surface area contributed by atoms with Gasteiger partial charge >= 0.3 is 0 Å². The number of nitrogens with zero attached hydrogens (tertiary/aromatic N) is 2. The predicted molar refractivity (Wildman–Crippen MR) is 84.4 cm³/mol. The van der Waals surface area contributed by atoms with Gasteiger partial charge in [0.05, 0.1) is 6.54 Å². The molecular weight excluding hydrogens is 252 g/mol. The van der Waals surface area contributed by atoms with Gasteiger partial charge < -0.3 is 4.90 Å². The Bertz CT molecular complexity index is 607. The van der Waals surface area contributed by atoms with Gasteiger partial charge in [-0.1, -0.05) is 43.0 Å². The second kappa shape index (κ2) is 4.86. The molecule has 0 saturated carbocycles. The maximum absolute atomic E-state index is 5.59. The summed E-state index contributed by atoms with van der Waals surface area (Å²) in [7, 11) is 0. The van der Waals surface area contributed by atoms with E-state index in [0.29, 0.717) is 0 Å². The van der Waals surface area contributed by atoms with Crippen LogP contribution >= 0.6 is 12.2 Å². The minimum absolute atomic E-state index is 0.734. The molecule has 0 bridgehead atoms. The maximum atomic E-state index is 5.59. The van der Waals surface area contributed by atoms with Crippen LogP contribution in [0.5, 0.6) is 0 Å².